The highest BCUT2D eigenvalue weighted by molar-refractivity contribution is 7.07. The van der Waals surface area contributed by atoms with Crippen LogP contribution in [-0.4, -0.2) is 39.9 Å². The monoisotopic (exact) mass is 439 g/mol. The van der Waals surface area contributed by atoms with E-state index in [1.807, 2.05) is 41.4 Å². The average molecular weight is 440 g/mol. The van der Waals surface area contributed by atoms with Gasteiger partial charge in [0.2, 0.25) is 0 Å². The summed E-state index contributed by atoms with van der Waals surface area (Å²) in [6, 6.07) is 16.4. The lowest BCUT2D eigenvalue weighted by Crippen LogP contribution is -2.42. The second-order valence-electron chi connectivity index (χ2n) is 7.90. The number of nitrogens with one attached hydrogen (secondary N) is 1. The molecule has 1 aliphatic rings. The van der Waals surface area contributed by atoms with Crippen molar-refractivity contribution < 1.29 is 4.79 Å². The summed E-state index contributed by atoms with van der Waals surface area (Å²) in [5.74, 6) is 0.0127. The smallest absolute Gasteiger partial charge is 0.273 e. The van der Waals surface area contributed by atoms with Gasteiger partial charge in [0.15, 0.2) is 0 Å². The molecule has 0 unspecified atom stereocenters. The third kappa shape index (κ3) is 4.05. The number of pyridine rings is 1. The van der Waals surface area contributed by atoms with Gasteiger partial charge in [-0.2, -0.15) is 5.26 Å². The van der Waals surface area contributed by atoms with Crippen LogP contribution in [0, 0.1) is 11.3 Å². The van der Waals surface area contributed by atoms with Crippen molar-refractivity contribution in [2.24, 2.45) is 0 Å². The molecule has 1 fully saturated rings. The molecule has 1 saturated heterocycles. The molecule has 0 radical (unpaired) electrons. The van der Waals surface area contributed by atoms with Gasteiger partial charge in [-0.05, 0) is 59.7 Å². The van der Waals surface area contributed by atoms with Crippen molar-refractivity contribution in [3.05, 3.63) is 77.0 Å². The summed E-state index contributed by atoms with van der Waals surface area (Å²) in [6.07, 6.45) is 5.41. The molecular weight excluding hydrogens is 418 g/mol. The van der Waals surface area contributed by atoms with E-state index in [4.69, 9.17) is 0 Å². The first kappa shape index (κ1) is 20.2. The van der Waals surface area contributed by atoms with Crippen LogP contribution in [-0.2, 0) is 0 Å². The fourth-order valence-electron chi connectivity index (χ4n) is 4.18. The number of hydrogen-bond donors (Lipinski definition) is 1. The van der Waals surface area contributed by atoms with Gasteiger partial charge in [-0.1, -0.05) is 12.1 Å². The number of amides is 1. The third-order valence-electron chi connectivity index (χ3n) is 5.87. The van der Waals surface area contributed by atoms with Crippen molar-refractivity contribution >= 4 is 33.7 Å². The molecule has 6 nitrogen and oxygen atoms in total. The lowest BCUT2D eigenvalue weighted by molar-refractivity contribution is 0.0713. The lowest BCUT2D eigenvalue weighted by atomic mass is 9.98. The Hall–Kier alpha value is -3.76. The van der Waals surface area contributed by atoms with E-state index in [1.54, 1.807) is 17.1 Å². The summed E-state index contributed by atoms with van der Waals surface area (Å²) in [4.78, 5) is 22.9. The number of carbonyl (C=O) groups excluding carboxylic acids is 1. The van der Waals surface area contributed by atoms with Crippen molar-refractivity contribution in [2.75, 3.05) is 18.4 Å². The van der Waals surface area contributed by atoms with Gasteiger partial charge in [-0.3, -0.25) is 9.78 Å². The van der Waals surface area contributed by atoms with Gasteiger partial charge < -0.3 is 10.2 Å². The highest BCUT2D eigenvalue weighted by Crippen LogP contribution is 2.32. The van der Waals surface area contributed by atoms with E-state index in [0.717, 1.165) is 40.4 Å². The summed E-state index contributed by atoms with van der Waals surface area (Å²) in [7, 11) is 0. The molecule has 0 atom stereocenters. The molecule has 0 spiro atoms. The number of rotatable bonds is 4. The van der Waals surface area contributed by atoms with Gasteiger partial charge >= 0.3 is 0 Å². The van der Waals surface area contributed by atoms with Gasteiger partial charge in [0, 0.05) is 48.0 Å². The fourth-order valence-corrected chi connectivity index (χ4v) is 4.71. The molecule has 0 aliphatic carbocycles. The number of nitrogens with zero attached hydrogens (tertiary/aromatic N) is 4. The average Bonchev–Trinajstić information content (AvgIpc) is 3.39. The summed E-state index contributed by atoms with van der Waals surface area (Å²) < 4.78 is 0. The molecular formula is C25H21N5OS. The highest BCUT2D eigenvalue weighted by Gasteiger charge is 2.25. The largest absolute Gasteiger partial charge is 0.382 e. The molecule has 0 bridgehead atoms. The second kappa shape index (κ2) is 8.77. The molecule has 32 heavy (non-hydrogen) atoms. The molecule has 158 valence electrons. The quantitative estimate of drug-likeness (QED) is 0.487. The Balaban J connectivity index is 1.38. The van der Waals surface area contributed by atoms with Crippen LogP contribution in [0.4, 0.5) is 5.69 Å². The minimum absolute atomic E-state index is 0.0127. The predicted octanol–water partition coefficient (Wildman–Crippen LogP) is 4.95. The number of anilines is 1. The Morgan fingerprint density at radius 2 is 2.03 bits per heavy atom. The van der Waals surface area contributed by atoms with E-state index < -0.39 is 0 Å². The first-order valence-corrected chi connectivity index (χ1v) is 11.5. The maximum absolute atomic E-state index is 12.6. The van der Waals surface area contributed by atoms with Crippen LogP contribution in [0.1, 0.15) is 28.9 Å². The minimum atomic E-state index is 0.0127. The minimum Gasteiger partial charge on any atom is -0.382 e. The van der Waals surface area contributed by atoms with Crippen molar-refractivity contribution in [1.82, 2.24) is 14.9 Å². The Labute approximate surface area is 190 Å². The van der Waals surface area contributed by atoms with E-state index in [2.05, 4.69) is 33.5 Å². The van der Waals surface area contributed by atoms with Crippen LogP contribution >= 0.6 is 11.3 Å². The number of thiazole rings is 1. The van der Waals surface area contributed by atoms with E-state index >= 15 is 0 Å². The van der Waals surface area contributed by atoms with Crippen LogP contribution in [0.2, 0.25) is 0 Å². The van der Waals surface area contributed by atoms with Gasteiger partial charge in [-0.25, -0.2) is 4.98 Å². The number of nitriles is 1. The molecule has 5 rings (SSSR count). The second-order valence-corrected chi connectivity index (χ2v) is 8.62. The van der Waals surface area contributed by atoms with E-state index in [9.17, 15) is 10.1 Å². The third-order valence-corrected chi connectivity index (χ3v) is 6.46. The van der Waals surface area contributed by atoms with E-state index in [-0.39, 0.29) is 11.9 Å². The van der Waals surface area contributed by atoms with E-state index in [0.29, 0.717) is 24.3 Å². The SMILES string of the molecule is N#Cc1cccc(-c2cc(NC3CCN(C(=O)c4cscn4)CC3)c3cnccc3c2)c1. The molecule has 0 saturated carbocycles. The van der Waals surface area contributed by atoms with Crippen molar-refractivity contribution in [3.8, 4) is 17.2 Å². The molecule has 1 N–H and O–H groups in total. The standard InChI is InChI=1S/C25H21N5OS/c26-13-17-2-1-3-18(10-17)20-11-19-4-7-27-14-22(19)23(12-20)29-21-5-8-30(9-6-21)25(31)24-15-32-16-28-24/h1-4,7,10-12,14-16,21,29H,5-6,8-9H2. The number of likely N-dealkylation sites (tertiary alicyclic amines) is 1. The topological polar surface area (TPSA) is 81.9 Å². The molecule has 2 aromatic heterocycles. The summed E-state index contributed by atoms with van der Waals surface area (Å²) in [5, 5.41) is 16.9. The number of carbonyl (C=O) groups is 1. The van der Waals surface area contributed by atoms with Crippen LogP contribution in [0.5, 0.6) is 0 Å². The number of aromatic nitrogens is 2. The maximum atomic E-state index is 12.6. The van der Waals surface area contributed by atoms with Gasteiger partial charge in [0.05, 0.1) is 17.1 Å². The zero-order valence-electron chi connectivity index (χ0n) is 17.4. The van der Waals surface area contributed by atoms with Gasteiger partial charge in [0.1, 0.15) is 5.69 Å². The Morgan fingerprint density at radius 3 is 2.81 bits per heavy atom. The number of hydrogen-bond acceptors (Lipinski definition) is 6. The van der Waals surface area contributed by atoms with Crippen LogP contribution < -0.4 is 5.32 Å². The van der Waals surface area contributed by atoms with E-state index in [1.165, 1.54) is 11.3 Å². The molecule has 4 aromatic rings. The first-order chi connectivity index (χ1) is 15.7. The summed E-state index contributed by atoms with van der Waals surface area (Å²) in [6.45, 7) is 1.40. The molecule has 1 aliphatic heterocycles. The molecule has 1 amide bonds. The molecule has 2 aromatic carbocycles. The number of fused-ring (bicyclic) bond motifs is 1. The highest BCUT2D eigenvalue weighted by atomic mass is 32.1. The zero-order chi connectivity index (χ0) is 21.9. The van der Waals surface area contributed by atoms with Crippen molar-refractivity contribution in [1.29, 1.82) is 5.26 Å². The molecule has 3 heterocycles. The summed E-state index contributed by atoms with van der Waals surface area (Å²) in [5.41, 5.74) is 5.96. The Kier molecular flexibility index (Phi) is 5.53. The predicted molar refractivity (Wildman–Crippen MR) is 127 cm³/mol. The fraction of sp³-hybridized carbons (Fsp3) is 0.200. The lowest BCUT2D eigenvalue weighted by Gasteiger charge is -2.33. The molecule has 7 heteroatoms. The number of benzene rings is 2. The van der Waals surface area contributed by atoms with Gasteiger partial charge in [-0.15, -0.1) is 11.3 Å². The normalized spacial score (nSPS) is 14.3. The van der Waals surface area contributed by atoms with Crippen LogP contribution in [0.15, 0.2) is 65.7 Å². The van der Waals surface area contributed by atoms with Crippen LogP contribution in [0.3, 0.4) is 0 Å². The summed E-state index contributed by atoms with van der Waals surface area (Å²) >= 11 is 1.44. The maximum Gasteiger partial charge on any atom is 0.273 e. The Morgan fingerprint density at radius 1 is 1.16 bits per heavy atom. The zero-order valence-corrected chi connectivity index (χ0v) is 18.2. The van der Waals surface area contributed by atoms with Crippen LogP contribution in [0.25, 0.3) is 21.9 Å². The van der Waals surface area contributed by atoms with Crippen molar-refractivity contribution in [2.45, 2.75) is 18.9 Å². The van der Waals surface area contributed by atoms with Gasteiger partial charge in [0.25, 0.3) is 5.91 Å². The first-order valence-electron chi connectivity index (χ1n) is 10.5. The number of piperidine rings is 1. The van der Waals surface area contributed by atoms with Crippen molar-refractivity contribution in [3.63, 3.8) is 0 Å². The Bertz CT molecular complexity index is 1300.